The van der Waals surface area contributed by atoms with Crippen molar-refractivity contribution in [3.63, 3.8) is 0 Å². The number of thiophene rings is 1. The first-order chi connectivity index (χ1) is 10.9. The summed E-state index contributed by atoms with van der Waals surface area (Å²) in [7, 11) is 1.75. The van der Waals surface area contributed by atoms with E-state index in [2.05, 4.69) is 5.32 Å². The van der Waals surface area contributed by atoms with Gasteiger partial charge in [-0.05, 0) is 61.0 Å². The summed E-state index contributed by atoms with van der Waals surface area (Å²) < 4.78 is 0. The Bertz CT molecular complexity index is 722. The van der Waals surface area contributed by atoms with E-state index in [1.54, 1.807) is 29.4 Å². The molecule has 0 fully saturated rings. The molecule has 5 heteroatoms. The van der Waals surface area contributed by atoms with E-state index >= 15 is 0 Å². The maximum atomic E-state index is 12.2. The molecule has 0 unspecified atom stereocenters. The van der Waals surface area contributed by atoms with Crippen molar-refractivity contribution in [2.24, 2.45) is 0 Å². The molecule has 0 atom stereocenters. The second-order valence-corrected chi connectivity index (χ2v) is 6.76. The number of hydrogen-bond acceptors (Lipinski definition) is 3. The van der Waals surface area contributed by atoms with Gasteiger partial charge in [-0.25, -0.2) is 0 Å². The van der Waals surface area contributed by atoms with Crippen molar-refractivity contribution < 1.29 is 9.59 Å². The molecule has 23 heavy (non-hydrogen) atoms. The van der Waals surface area contributed by atoms with Crippen molar-refractivity contribution in [1.29, 1.82) is 0 Å². The Morgan fingerprint density at radius 1 is 1.09 bits per heavy atom. The van der Waals surface area contributed by atoms with Crippen LogP contribution in [-0.2, 0) is 11.3 Å². The average Bonchev–Trinajstić information content (AvgIpc) is 2.92. The summed E-state index contributed by atoms with van der Waals surface area (Å²) in [6, 6.07) is 7.58. The molecule has 122 valence electrons. The van der Waals surface area contributed by atoms with Crippen LogP contribution in [0.5, 0.6) is 0 Å². The normalized spacial score (nSPS) is 10.4. The van der Waals surface area contributed by atoms with Crippen LogP contribution in [0.25, 0.3) is 0 Å². The van der Waals surface area contributed by atoms with Crippen molar-refractivity contribution in [3.05, 3.63) is 56.8 Å². The highest BCUT2D eigenvalue weighted by Gasteiger charge is 2.13. The van der Waals surface area contributed by atoms with Crippen LogP contribution >= 0.6 is 11.3 Å². The van der Waals surface area contributed by atoms with Crippen LogP contribution < -0.4 is 5.32 Å². The van der Waals surface area contributed by atoms with Crippen molar-refractivity contribution in [2.45, 2.75) is 27.3 Å². The van der Waals surface area contributed by atoms with Crippen LogP contribution in [0, 0.1) is 20.8 Å². The lowest BCUT2D eigenvalue weighted by atomic mass is 10.1. The van der Waals surface area contributed by atoms with Gasteiger partial charge in [0.2, 0.25) is 5.91 Å². The van der Waals surface area contributed by atoms with Gasteiger partial charge in [0.15, 0.2) is 0 Å². The zero-order chi connectivity index (χ0) is 17.0. The summed E-state index contributed by atoms with van der Waals surface area (Å²) in [6.07, 6.45) is 0. The molecule has 0 saturated carbocycles. The maximum absolute atomic E-state index is 12.2. The standard InChI is InChI=1S/C18H22N2O2S/c1-12-5-6-15(9-14(12)3)18(22)19-10-17(21)20(4)11-16-13(2)7-8-23-16/h5-9H,10-11H2,1-4H3,(H,19,22). The SMILES string of the molecule is Cc1ccc(C(=O)NCC(=O)N(C)Cc2sccc2C)cc1C. The first kappa shape index (κ1) is 17.2. The topological polar surface area (TPSA) is 49.4 Å². The van der Waals surface area contributed by atoms with Crippen LogP contribution in [0.4, 0.5) is 0 Å². The summed E-state index contributed by atoms with van der Waals surface area (Å²) >= 11 is 1.64. The van der Waals surface area contributed by atoms with E-state index in [9.17, 15) is 9.59 Å². The third kappa shape index (κ3) is 4.42. The molecule has 0 bridgehead atoms. The van der Waals surface area contributed by atoms with E-state index in [0.29, 0.717) is 12.1 Å². The van der Waals surface area contributed by atoms with Gasteiger partial charge in [0.25, 0.3) is 5.91 Å². The second-order valence-electron chi connectivity index (χ2n) is 5.76. The van der Waals surface area contributed by atoms with Gasteiger partial charge in [-0.3, -0.25) is 9.59 Å². The fourth-order valence-electron chi connectivity index (χ4n) is 2.15. The van der Waals surface area contributed by atoms with E-state index in [1.165, 1.54) is 10.4 Å². The molecule has 0 aliphatic carbocycles. The summed E-state index contributed by atoms with van der Waals surface area (Å²) in [5, 5.41) is 4.71. The zero-order valence-corrected chi connectivity index (χ0v) is 14.8. The highest BCUT2D eigenvalue weighted by atomic mass is 32.1. The molecule has 2 aromatic rings. The van der Waals surface area contributed by atoms with Gasteiger partial charge in [-0.1, -0.05) is 6.07 Å². The van der Waals surface area contributed by atoms with E-state index in [1.807, 2.05) is 44.4 Å². The van der Waals surface area contributed by atoms with Gasteiger partial charge in [0, 0.05) is 17.5 Å². The Morgan fingerprint density at radius 2 is 1.83 bits per heavy atom. The predicted molar refractivity (Wildman–Crippen MR) is 93.8 cm³/mol. The lowest BCUT2D eigenvalue weighted by Crippen LogP contribution is -2.37. The zero-order valence-electron chi connectivity index (χ0n) is 14.0. The minimum Gasteiger partial charge on any atom is -0.343 e. The minimum atomic E-state index is -0.220. The van der Waals surface area contributed by atoms with Crippen LogP contribution in [0.15, 0.2) is 29.6 Å². The van der Waals surface area contributed by atoms with Crippen LogP contribution in [0.3, 0.4) is 0 Å². The number of rotatable bonds is 5. The molecule has 1 N–H and O–H groups in total. The van der Waals surface area contributed by atoms with Crippen LogP contribution in [0.1, 0.15) is 31.9 Å². The Hall–Kier alpha value is -2.14. The Balaban J connectivity index is 1.89. The fraction of sp³-hybridized carbons (Fsp3) is 0.333. The van der Waals surface area contributed by atoms with Gasteiger partial charge < -0.3 is 10.2 Å². The van der Waals surface area contributed by atoms with E-state index < -0.39 is 0 Å². The smallest absolute Gasteiger partial charge is 0.251 e. The maximum Gasteiger partial charge on any atom is 0.251 e. The van der Waals surface area contributed by atoms with E-state index in [0.717, 1.165) is 11.1 Å². The molecule has 2 amide bonds. The van der Waals surface area contributed by atoms with E-state index in [4.69, 9.17) is 0 Å². The molecule has 0 aliphatic rings. The highest BCUT2D eigenvalue weighted by Crippen LogP contribution is 2.17. The number of nitrogens with zero attached hydrogens (tertiary/aromatic N) is 1. The Kier molecular flexibility index (Phi) is 5.55. The van der Waals surface area contributed by atoms with Crippen molar-refractivity contribution in [3.8, 4) is 0 Å². The molecule has 1 aromatic heterocycles. The number of carbonyl (C=O) groups excluding carboxylic acids is 2. The molecule has 1 heterocycles. The predicted octanol–water partition coefficient (Wildman–Crippen LogP) is 3.06. The molecule has 0 aliphatic heterocycles. The molecule has 4 nitrogen and oxygen atoms in total. The molecule has 0 saturated heterocycles. The van der Waals surface area contributed by atoms with Crippen LogP contribution in [0.2, 0.25) is 0 Å². The third-order valence-corrected chi connectivity index (χ3v) is 4.95. The summed E-state index contributed by atoms with van der Waals surface area (Å²) in [5.74, 6) is -0.322. The number of amides is 2. The number of likely N-dealkylation sites (N-methyl/N-ethyl adjacent to an activating group) is 1. The molecule has 2 rings (SSSR count). The number of hydrogen-bond donors (Lipinski definition) is 1. The van der Waals surface area contributed by atoms with Gasteiger partial charge >= 0.3 is 0 Å². The van der Waals surface area contributed by atoms with Gasteiger partial charge in [-0.15, -0.1) is 11.3 Å². The Labute approximate surface area is 141 Å². The molecule has 0 spiro atoms. The molecular weight excluding hydrogens is 308 g/mol. The molecular formula is C18H22N2O2S. The van der Waals surface area contributed by atoms with Gasteiger partial charge in [0.05, 0.1) is 13.1 Å². The fourth-order valence-corrected chi connectivity index (χ4v) is 3.10. The van der Waals surface area contributed by atoms with Gasteiger partial charge in [-0.2, -0.15) is 0 Å². The van der Waals surface area contributed by atoms with E-state index in [-0.39, 0.29) is 18.4 Å². The number of nitrogens with one attached hydrogen (secondary N) is 1. The van der Waals surface area contributed by atoms with Crippen molar-refractivity contribution in [1.82, 2.24) is 10.2 Å². The average molecular weight is 330 g/mol. The summed E-state index contributed by atoms with van der Waals surface area (Å²) in [5.41, 5.74) is 3.98. The molecule has 0 radical (unpaired) electrons. The first-order valence-electron chi connectivity index (χ1n) is 7.51. The summed E-state index contributed by atoms with van der Waals surface area (Å²) in [4.78, 5) is 27.1. The lowest BCUT2D eigenvalue weighted by Gasteiger charge is -2.17. The molecule has 1 aromatic carbocycles. The van der Waals surface area contributed by atoms with Crippen LogP contribution in [-0.4, -0.2) is 30.3 Å². The highest BCUT2D eigenvalue weighted by molar-refractivity contribution is 7.10. The number of benzene rings is 1. The van der Waals surface area contributed by atoms with Crippen molar-refractivity contribution in [2.75, 3.05) is 13.6 Å². The quantitative estimate of drug-likeness (QED) is 0.916. The minimum absolute atomic E-state index is 0.00663. The largest absolute Gasteiger partial charge is 0.343 e. The monoisotopic (exact) mass is 330 g/mol. The summed E-state index contributed by atoms with van der Waals surface area (Å²) in [6.45, 7) is 6.58. The number of aryl methyl sites for hydroxylation is 3. The van der Waals surface area contributed by atoms with Gasteiger partial charge in [0.1, 0.15) is 0 Å². The first-order valence-corrected chi connectivity index (χ1v) is 8.39. The third-order valence-electron chi connectivity index (χ3n) is 3.94. The number of carbonyl (C=O) groups is 2. The lowest BCUT2D eigenvalue weighted by molar-refractivity contribution is -0.129. The second kappa shape index (κ2) is 7.42. The Morgan fingerprint density at radius 3 is 2.43 bits per heavy atom. The van der Waals surface area contributed by atoms with Crippen molar-refractivity contribution >= 4 is 23.2 Å².